The summed E-state index contributed by atoms with van der Waals surface area (Å²) in [6.07, 6.45) is -6.94. The van der Waals surface area contributed by atoms with E-state index in [9.17, 15) is 45.5 Å². The van der Waals surface area contributed by atoms with Gasteiger partial charge in [-0.3, -0.25) is 19.2 Å². The van der Waals surface area contributed by atoms with Crippen LogP contribution in [0.2, 0.25) is 0 Å². The minimum absolute atomic E-state index is 0.0292. The minimum atomic E-state index is -4.87. The van der Waals surface area contributed by atoms with E-state index in [0.717, 1.165) is 19.1 Å². The van der Waals surface area contributed by atoms with Gasteiger partial charge in [0.2, 0.25) is 0 Å². The number of anilines is 4. The number of pyridine rings is 4. The summed E-state index contributed by atoms with van der Waals surface area (Å²) < 4.78 is 80.8. The first-order chi connectivity index (χ1) is 26.2. The van der Waals surface area contributed by atoms with Gasteiger partial charge in [0.25, 0.3) is 11.8 Å². The van der Waals surface area contributed by atoms with E-state index in [0.29, 0.717) is 42.4 Å². The predicted octanol–water partition coefficient (Wildman–Crippen LogP) is 6.54. The van der Waals surface area contributed by atoms with Gasteiger partial charge in [0.15, 0.2) is 11.4 Å². The first kappa shape index (κ1) is 46.0. The van der Waals surface area contributed by atoms with Crippen molar-refractivity contribution in [3.63, 3.8) is 0 Å². The fraction of sp³-hybridized carbons (Fsp3) is 0.312. The van der Waals surface area contributed by atoms with Gasteiger partial charge in [0.05, 0.1) is 11.4 Å². The number of thioether (sulfide) groups is 2. The zero-order chi connectivity index (χ0) is 42.3. The highest BCUT2D eigenvalue weighted by atomic mass is 79.9. The fourth-order valence-electron chi connectivity index (χ4n) is 4.78. The van der Waals surface area contributed by atoms with Crippen LogP contribution in [0.4, 0.5) is 49.1 Å². The molecule has 0 fully saturated rings. The molecule has 0 aliphatic heterocycles. The van der Waals surface area contributed by atoms with Gasteiger partial charge in [0, 0.05) is 45.2 Å². The Morgan fingerprint density at radius 1 is 0.839 bits per heavy atom. The van der Waals surface area contributed by atoms with Gasteiger partial charge in [-0.15, -0.1) is 33.0 Å². The number of halogens is 8. The first-order valence-corrected chi connectivity index (χ1v) is 19.1. The Kier molecular flexibility index (Phi) is 15.7. The molecule has 4 rings (SSSR count). The standard InChI is InChI=1S/2C16H16BrF3N4O3S/c1-4-28-10-5-8(17)7-22-12(10)14(25)23(2)13-9(21)6-11(16(18,19)20)24(27-3)15(13)26;1-4-28-10-5-8(17)7-22-13(10)14(25)23-9-6-11(16(18,19)20)24(27-3)15(26)12(9)21-2/h5-7H,4,21H2,1-3H3;5-7,21H,4H2,1-3H3,(H,23,25). The topological polar surface area (TPSA) is 176 Å². The van der Waals surface area contributed by atoms with Crippen molar-refractivity contribution in [3.05, 3.63) is 89.1 Å². The number of alkyl halides is 6. The molecule has 0 aliphatic rings. The summed E-state index contributed by atoms with van der Waals surface area (Å²) in [5.41, 5.74) is -0.854. The summed E-state index contributed by atoms with van der Waals surface area (Å²) in [6, 6.07) is 4.53. The molecule has 4 N–H and O–H groups in total. The van der Waals surface area contributed by atoms with Gasteiger partial charge in [-0.05, 0) is 67.6 Å². The van der Waals surface area contributed by atoms with Crippen molar-refractivity contribution in [2.45, 2.75) is 36.0 Å². The SMILES string of the molecule is CCSc1cc(Br)cnc1C(=O)N(C)c1c(N)cc(C(F)(F)F)n(OC)c1=O.CCSc1cc(Br)cnc1C(=O)Nc1cc(C(F)(F)F)n(OC)c(=O)c1NC. The van der Waals surface area contributed by atoms with Crippen LogP contribution in [-0.2, 0) is 12.4 Å². The number of nitrogen functional groups attached to an aromatic ring is 1. The molecule has 0 atom stereocenters. The summed E-state index contributed by atoms with van der Waals surface area (Å²) in [4.78, 5) is 69.7. The highest BCUT2D eigenvalue weighted by molar-refractivity contribution is 9.10. The highest BCUT2D eigenvalue weighted by Gasteiger charge is 2.39. The third kappa shape index (κ3) is 10.5. The van der Waals surface area contributed by atoms with Crippen LogP contribution < -0.4 is 42.1 Å². The van der Waals surface area contributed by atoms with E-state index in [1.807, 2.05) is 13.8 Å². The van der Waals surface area contributed by atoms with Gasteiger partial charge in [-0.25, -0.2) is 9.97 Å². The van der Waals surface area contributed by atoms with Crippen LogP contribution in [0.3, 0.4) is 0 Å². The molecule has 0 radical (unpaired) electrons. The maximum absolute atomic E-state index is 13.3. The molecular formula is C32H32Br2F6N8O6S2. The average Bonchev–Trinajstić information content (AvgIpc) is 3.11. The molecule has 304 valence electrons. The van der Waals surface area contributed by atoms with Crippen LogP contribution >= 0.6 is 55.4 Å². The van der Waals surface area contributed by atoms with Crippen LogP contribution in [0.1, 0.15) is 46.2 Å². The number of nitrogens with zero attached hydrogens (tertiary/aromatic N) is 5. The van der Waals surface area contributed by atoms with E-state index in [1.54, 1.807) is 12.1 Å². The Labute approximate surface area is 339 Å². The molecule has 0 aromatic carbocycles. The molecule has 4 aromatic rings. The molecule has 0 bridgehead atoms. The molecule has 0 saturated carbocycles. The van der Waals surface area contributed by atoms with Crippen molar-refractivity contribution in [3.8, 4) is 0 Å². The third-order valence-electron chi connectivity index (χ3n) is 7.08. The molecule has 0 aliphatic carbocycles. The largest absolute Gasteiger partial charge is 0.435 e. The zero-order valence-electron chi connectivity index (χ0n) is 30.0. The second-order valence-corrected chi connectivity index (χ2v) is 15.1. The quantitative estimate of drug-likeness (QED) is 0.110. The number of nitrogens with one attached hydrogen (secondary N) is 2. The maximum Gasteiger partial charge on any atom is 0.435 e. The summed E-state index contributed by atoms with van der Waals surface area (Å²) in [6.45, 7) is 3.76. The van der Waals surface area contributed by atoms with E-state index >= 15 is 0 Å². The lowest BCUT2D eigenvalue weighted by Crippen LogP contribution is -2.39. The molecule has 4 aromatic heterocycles. The Hall–Kier alpha value is -4.42. The van der Waals surface area contributed by atoms with Crippen LogP contribution in [0.5, 0.6) is 0 Å². The number of carbonyl (C=O) groups excluding carboxylic acids is 2. The van der Waals surface area contributed by atoms with Crippen LogP contribution in [0.25, 0.3) is 0 Å². The zero-order valence-corrected chi connectivity index (χ0v) is 34.8. The van der Waals surface area contributed by atoms with E-state index in [-0.39, 0.29) is 32.2 Å². The minimum Gasteiger partial charge on any atom is -0.413 e. The highest BCUT2D eigenvalue weighted by Crippen LogP contribution is 2.34. The molecule has 0 unspecified atom stereocenters. The van der Waals surface area contributed by atoms with Crippen molar-refractivity contribution < 1.29 is 45.6 Å². The second-order valence-electron chi connectivity index (χ2n) is 10.6. The Balaban J connectivity index is 0.000000300. The van der Waals surface area contributed by atoms with E-state index < -0.39 is 58.0 Å². The number of carbonyl (C=O) groups is 2. The summed E-state index contributed by atoms with van der Waals surface area (Å²) in [7, 11) is 4.42. The number of rotatable bonds is 11. The van der Waals surface area contributed by atoms with Gasteiger partial charge in [0.1, 0.15) is 37.0 Å². The molecule has 56 heavy (non-hydrogen) atoms. The Bertz CT molecular complexity index is 2220. The molecule has 0 spiro atoms. The lowest BCUT2D eigenvalue weighted by Gasteiger charge is -2.22. The van der Waals surface area contributed by atoms with Gasteiger partial charge in [-0.1, -0.05) is 13.8 Å². The normalized spacial score (nSPS) is 11.3. The van der Waals surface area contributed by atoms with Gasteiger partial charge < -0.3 is 30.9 Å². The number of amides is 2. The molecule has 0 saturated heterocycles. The third-order valence-corrected chi connectivity index (χ3v) is 9.77. The van der Waals surface area contributed by atoms with Crippen molar-refractivity contribution in [1.29, 1.82) is 0 Å². The first-order valence-electron chi connectivity index (χ1n) is 15.6. The van der Waals surface area contributed by atoms with E-state index in [2.05, 4.69) is 62.1 Å². The second kappa shape index (κ2) is 19.1. The van der Waals surface area contributed by atoms with Crippen molar-refractivity contribution in [1.82, 2.24) is 19.4 Å². The summed E-state index contributed by atoms with van der Waals surface area (Å²) in [5, 5.41) is 4.83. The van der Waals surface area contributed by atoms with Crippen molar-refractivity contribution in [2.75, 3.05) is 61.1 Å². The summed E-state index contributed by atoms with van der Waals surface area (Å²) in [5.74, 6) is -0.138. The molecular weight excluding hydrogens is 930 g/mol. The molecule has 24 heteroatoms. The number of hydrogen-bond donors (Lipinski definition) is 3. The number of aromatic nitrogens is 4. The molecule has 14 nitrogen and oxygen atoms in total. The van der Waals surface area contributed by atoms with E-state index in [1.165, 1.54) is 50.0 Å². The number of hydrogen-bond acceptors (Lipinski definition) is 12. The summed E-state index contributed by atoms with van der Waals surface area (Å²) >= 11 is 9.23. The van der Waals surface area contributed by atoms with Crippen LogP contribution in [-0.4, -0.2) is 71.1 Å². The van der Waals surface area contributed by atoms with Crippen molar-refractivity contribution in [2.24, 2.45) is 0 Å². The predicted molar refractivity (Wildman–Crippen MR) is 208 cm³/mol. The molecule has 2 amide bonds. The lowest BCUT2D eigenvalue weighted by molar-refractivity contribution is -0.152. The number of nitrogens with two attached hydrogens (primary N) is 1. The molecule has 4 heterocycles. The maximum atomic E-state index is 13.3. The lowest BCUT2D eigenvalue weighted by atomic mass is 10.2. The smallest absolute Gasteiger partial charge is 0.413 e. The Morgan fingerprint density at radius 3 is 1.77 bits per heavy atom. The van der Waals surface area contributed by atoms with Gasteiger partial charge in [-0.2, -0.15) is 26.3 Å². The van der Waals surface area contributed by atoms with Crippen LogP contribution in [0, 0.1) is 0 Å². The monoisotopic (exact) mass is 960 g/mol. The average molecular weight is 963 g/mol. The van der Waals surface area contributed by atoms with Crippen LogP contribution in [0.15, 0.2) is 65.0 Å². The van der Waals surface area contributed by atoms with Gasteiger partial charge >= 0.3 is 23.5 Å². The van der Waals surface area contributed by atoms with E-state index in [4.69, 9.17) is 5.73 Å². The fourth-order valence-corrected chi connectivity index (χ4v) is 7.34. The van der Waals surface area contributed by atoms with Crippen molar-refractivity contribution >= 4 is 89.9 Å². The Morgan fingerprint density at radius 2 is 1.30 bits per heavy atom.